The van der Waals surface area contributed by atoms with Crippen LogP contribution in [0, 0.1) is 0 Å². The van der Waals surface area contributed by atoms with Crippen molar-refractivity contribution in [1.29, 1.82) is 0 Å². The molecule has 3 aromatic carbocycles. The molecular weight excluding hydrogens is 554 g/mol. The van der Waals surface area contributed by atoms with E-state index in [9.17, 15) is 14.4 Å². The third kappa shape index (κ3) is 6.23. The van der Waals surface area contributed by atoms with Crippen LogP contribution in [0.2, 0.25) is 5.02 Å². The van der Waals surface area contributed by atoms with E-state index in [0.29, 0.717) is 42.5 Å². The smallest absolute Gasteiger partial charge is 0.409 e. The van der Waals surface area contributed by atoms with Gasteiger partial charge >= 0.3 is 6.09 Å². The average Bonchev–Trinajstić information content (AvgIpc) is 2.99. The maximum Gasteiger partial charge on any atom is 0.409 e. The van der Waals surface area contributed by atoms with Gasteiger partial charge in [-0.15, -0.1) is 0 Å². The maximum absolute atomic E-state index is 13.9. The van der Waals surface area contributed by atoms with Crippen molar-refractivity contribution in [3.8, 4) is 5.75 Å². The fourth-order valence-corrected chi connectivity index (χ4v) is 6.02. The lowest BCUT2D eigenvalue weighted by Crippen LogP contribution is -2.47. The predicted molar refractivity (Wildman–Crippen MR) is 163 cm³/mol. The van der Waals surface area contributed by atoms with Crippen LogP contribution in [-0.4, -0.2) is 54.6 Å². The Morgan fingerprint density at radius 1 is 0.952 bits per heavy atom. The minimum atomic E-state index is -0.280. The van der Waals surface area contributed by atoms with Crippen LogP contribution in [0.5, 0.6) is 5.75 Å². The van der Waals surface area contributed by atoms with Gasteiger partial charge in [-0.2, -0.15) is 0 Å². The van der Waals surface area contributed by atoms with Gasteiger partial charge in [0.2, 0.25) is 5.91 Å². The third-order valence-electron chi connectivity index (χ3n) is 7.91. The maximum atomic E-state index is 13.9. The monoisotopic (exact) mass is 589 g/mol. The summed E-state index contributed by atoms with van der Waals surface area (Å²) in [7, 11) is 0. The van der Waals surface area contributed by atoms with Crippen molar-refractivity contribution >= 4 is 40.9 Å². The topological polar surface area (TPSA) is 79.4 Å². The summed E-state index contributed by atoms with van der Waals surface area (Å²) in [6.45, 7) is 6.92. The van der Waals surface area contributed by atoms with Crippen molar-refractivity contribution in [1.82, 2.24) is 4.90 Å². The first kappa shape index (κ1) is 29.5. The summed E-state index contributed by atoms with van der Waals surface area (Å²) >= 11 is 6.11. The standard InChI is InChI=1S/C33H36ClN3O5/c1-4-41-33(40)35-19-17-28(18-20-35)42-27-15-9-24(10-16-27)32(39)36-22(2)21-31(29-7-5-6-8-30(29)36)37(23(3)38)26-13-11-25(34)12-14-26/h5-16,22,28,31H,4,17-21H2,1-3H3/t22-,31?/m0/s1. The van der Waals surface area contributed by atoms with Crippen LogP contribution in [0.25, 0.3) is 0 Å². The fourth-order valence-electron chi connectivity index (χ4n) is 5.90. The van der Waals surface area contributed by atoms with Crippen LogP contribution in [0.3, 0.4) is 0 Å². The Morgan fingerprint density at radius 2 is 1.62 bits per heavy atom. The van der Waals surface area contributed by atoms with Gasteiger partial charge in [-0.05, 0) is 80.4 Å². The Hall–Kier alpha value is -4.04. The molecule has 1 unspecified atom stereocenters. The van der Waals surface area contributed by atoms with E-state index in [1.807, 2.05) is 60.4 Å². The van der Waals surface area contributed by atoms with Gasteiger partial charge in [0.05, 0.1) is 12.6 Å². The van der Waals surface area contributed by atoms with Gasteiger partial charge in [-0.3, -0.25) is 9.59 Å². The number of piperidine rings is 1. The molecule has 3 aromatic rings. The van der Waals surface area contributed by atoms with Crippen LogP contribution in [0.1, 0.15) is 62.0 Å². The zero-order valence-corrected chi connectivity index (χ0v) is 24.9. The van der Waals surface area contributed by atoms with E-state index in [1.165, 1.54) is 0 Å². The second-order valence-corrected chi connectivity index (χ2v) is 11.2. The van der Waals surface area contributed by atoms with Crippen molar-refractivity contribution in [2.24, 2.45) is 0 Å². The molecule has 42 heavy (non-hydrogen) atoms. The number of halogens is 1. The van der Waals surface area contributed by atoms with Crippen molar-refractivity contribution in [2.75, 3.05) is 29.5 Å². The van der Waals surface area contributed by atoms with Crippen LogP contribution in [0.15, 0.2) is 72.8 Å². The molecule has 5 rings (SSSR count). The fraction of sp³-hybridized carbons (Fsp3) is 0.364. The second kappa shape index (κ2) is 12.9. The highest BCUT2D eigenvalue weighted by molar-refractivity contribution is 6.30. The summed E-state index contributed by atoms with van der Waals surface area (Å²) in [5, 5.41) is 0.604. The van der Waals surface area contributed by atoms with Crippen molar-refractivity contribution < 1.29 is 23.9 Å². The largest absolute Gasteiger partial charge is 0.490 e. The molecule has 1 fully saturated rings. The van der Waals surface area contributed by atoms with E-state index < -0.39 is 0 Å². The number of ether oxygens (including phenoxy) is 2. The highest BCUT2D eigenvalue weighted by atomic mass is 35.5. The summed E-state index contributed by atoms with van der Waals surface area (Å²) in [6, 6.07) is 21.9. The minimum absolute atomic E-state index is 0.00647. The predicted octanol–water partition coefficient (Wildman–Crippen LogP) is 6.87. The zero-order chi connectivity index (χ0) is 29.8. The van der Waals surface area contributed by atoms with Crippen molar-refractivity contribution in [3.05, 3.63) is 88.9 Å². The first-order valence-corrected chi connectivity index (χ1v) is 14.8. The number of anilines is 2. The first-order chi connectivity index (χ1) is 20.3. The molecule has 3 amide bonds. The molecule has 2 heterocycles. The highest BCUT2D eigenvalue weighted by Crippen LogP contribution is 2.43. The molecule has 1 saturated heterocycles. The van der Waals surface area contributed by atoms with Gasteiger partial charge in [-0.1, -0.05) is 29.8 Å². The van der Waals surface area contributed by atoms with Gasteiger partial charge in [0, 0.05) is 60.9 Å². The molecule has 2 aliphatic heterocycles. The molecule has 9 heteroatoms. The van der Waals surface area contributed by atoms with Gasteiger partial charge in [0.15, 0.2) is 0 Å². The molecule has 0 N–H and O–H groups in total. The summed E-state index contributed by atoms with van der Waals surface area (Å²) in [5.41, 5.74) is 3.03. The quantitative estimate of drug-likeness (QED) is 0.313. The van der Waals surface area contributed by atoms with Gasteiger partial charge in [0.1, 0.15) is 11.9 Å². The Morgan fingerprint density at radius 3 is 2.26 bits per heavy atom. The summed E-state index contributed by atoms with van der Waals surface area (Å²) in [5.74, 6) is 0.503. The number of likely N-dealkylation sites (tertiary alicyclic amines) is 1. The number of rotatable bonds is 6. The van der Waals surface area contributed by atoms with Gasteiger partial charge in [0.25, 0.3) is 5.91 Å². The number of fused-ring (bicyclic) bond motifs is 1. The molecule has 0 aromatic heterocycles. The molecule has 8 nitrogen and oxygen atoms in total. The summed E-state index contributed by atoms with van der Waals surface area (Å²) < 4.78 is 11.3. The molecule has 0 spiro atoms. The number of carbonyl (C=O) groups is 3. The van der Waals surface area contributed by atoms with Crippen molar-refractivity contribution in [3.63, 3.8) is 0 Å². The molecule has 0 radical (unpaired) electrons. The Bertz CT molecular complexity index is 1420. The van der Waals surface area contributed by atoms with E-state index in [-0.39, 0.29) is 36.1 Å². The Kier molecular flexibility index (Phi) is 9.02. The molecule has 220 valence electrons. The van der Waals surface area contributed by atoms with E-state index in [2.05, 4.69) is 0 Å². The minimum Gasteiger partial charge on any atom is -0.490 e. The molecule has 0 aliphatic carbocycles. The number of nitrogens with zero attached hydrogens (tertiary/aromatic N) is 3. The van der Waals surface area contributed by atoms with Crippen LogP contribution in [0.4, 0.5) is 16.2 Å². The van der Waals surface area contributed by atoms with E-state index >= 15 is 0 Å². The van der Waals surface area contributed by atoms with Gasteiger partial charge in [-0.25, -0.2) is 4.79 Å². The number of para-hydroxylation sites is 1. The van der Waals surface area contributed by atoms with E-state index in [0.717, 1.165) is 29.8 Å². The normalized spacial score (nSPS) is 18.7. The van der Waals surface area contributed by atoms with Crippen LogP contribution in [-0.2, 0) is 9.53 Å². The average molecular weight is 590 g/mol. The number of hydrogen-bond donors (Lipinski definition) is 0. The lowest BCUT2D eigenvalue weighted by Gasteiger charge is -2.43. The second-order valence-electron chi connectivity index (χ2n) is 10.7. The number of carbonyl (C=O) groups excluding carboxylic acids is 3. The molecule has 2 aliphatic rings. The summed E-state index contributed by atoms with van der Waals surface area (Å²) in [6.07, 6.45) is 1.73. The lowest BCUT2D eigenvalue weighted by molar-refractivity contribution is -0.117. The van der Waals surface area contributed by atoms with Gasteiger partial charge < -0.3 is 24.2 Å². The number of benzene rings is 3. The Labute approximate surface area is 251 Å². The first-order valence-electron chi connectivity index (χ1n) is 14.4. The molecular formula is C33H36ClN3O5. The van der Waals surface area contributed by atoms with E-state index in [1.54, 1.807) is 47.9 Å². The van der Waals surface area contributed by atoms with Crippen molar-refractivity contribution in [2.45, 2.75) is 58.2 Å². The lowest BCUT2D eigenvalue weighted by atomic mass is 9.89. The Balaban J connectivity index is 1.31. The zero-order valence-electron chi connectivity index (χ0n) is 24.2. The SMILES string of the molecule is CCOC(=O)N1CCC(Oc2ccc(C(=O)N3c4ccccc4C(N(C(C)=O)c4ccc(Cl)cc4)C[C@@H]3C)cc2)CC1. The van der Waals surface area contributed by atoms with E-state index in [4.69, 9.17) is 21.1 Å². The van der Waals surface area contributed by atoms with Crippen LogP contribution < -0.4 is 14.5 Å². The number of amides is 3. The number of hydrogen-bond acceptors (Lipinski definition) is 5. The highest BCUT2D eigenvalue weighted by Gasteiger charge is 2.38. The van der Waals surface area contributed by atoms with Crippen LogP contribution >= 0.6 is 11.6 Å². The molecule has 2 atom stereocenters. The molecule has 0 bridgehead atoms. The third-order valence-corrected chi connectivity index (χ3v) is 8.16. The molecule has 0 saturated carbocycles. The summed E-state index contributed by atoms with van der Waals surface area (Å²) in [4.78, 5) is 44.1.